The lowest BCUT2D eigenvalue weighted by molar-refractivity contribution is 0.554. The van der Waals surface area contributed by atoms with Crippen molar-refractivity contribution in [3.63, 3.8) is 0 Å². The van der Waals surface area contributed by atoms with Crippen molar-refractivity contribution in [1.29, 1.82) is 0 Å². The van der Waals surface area contributed by atoms with Crippen molar-refractivity contribution in [1.82, 2.24) is 9.36 Å². The normalized spacial score (nSPS) is 9.00. The number of carbonyl (C=O) groups excluding carboxylic acids is 1. The summed E-state index contributed by atoms with van der Waals surface area (Å²) in [5, 5.41) is 0.560. The van der Waals surface area contributed by atoms with Gasteiger partial charge in [0.1, 0.15) is 6.33 Å². The molecule has 1 rings (SSSR count). The lowest BCUT2D eigenvalue weighted by atomic mass is 10.9. The molecule has 0 aliphatic heterocycles. The molecule has 0 bridgehead atoms. The number of nitrogens with zero attached hydrogens (tertiary/aromatic N) is 3. The lowest BCUT2D eigenvalue weighted by Gasteiger charge is -1.99. The second kappa shape index (κ2) is 2.54. The molecule has 0 aliphatic carbocycles. The predicted molar refractivity (Wildman–Crippen MR) is 34.0 cm³/mol. The van der Waals surface area contributed by atoms with Gasteiger partial charge in [-0.15, -0.1) is 0 Å². The highest BCUT2D eigenvalue weighted by molar-refractivity contribution is 7.09. The monoisotopic (exact) mass is 142 g/mol. The van der Waals surface area contributed by atoms with E-state index in [0.29, 0.717) is 5.13 Å². The number of anilines is 1. The minimum atomic E-state index is 0.560. The summed E-state index contributed by atoms with van der Waals surface area (Å²) in [5.41, 5.74) is 0. The van der Waals surface area contributed by atoms with Crippen molar-refractivity contribution in [2.45, 2.75) is 0 Å². The molecule has 0 fully saturated rings. The molecule has 0 aliphatic rings. The molecule has 1 aromatic rings. The Kier molecular flexibility index (Phi) is 1.74. The van der Waals surface area contributed by atoms with Crippen LogP contribution in [0.25, 0.3) is 0 Å². The molecule has 0 spiro atoms. The maximum atomic E-state index is 9.94. The lowest BCUT2D eigenvalue weighted by Crippen LogP contribution is -2.12. The van der Waals surface area contributed by atoms with Gasteiger partial charge in [0.15, 0.2) is 0 Å². The first-order chi connectivity index (χ1) is 4.34. The number of amides is 1. The summed E-state index contributed by atoms with van der Waals surface area (Å²) in [6.07, 6.45) is 3.06. The summed E-state index contributed by atoms with van der Waals surface area (Å²) in [6, 6.07) is 0. The number of rotatable bonds is 2. The molecule has 0 unspecified atom stereocenters. The fraction of sp³-hybridized carbons (Fsp3) is 0.250. The molecule has 1 heterocycles. The molecular weight excluding hydrogens is 138 g/mol. The molecule has 0 saturated carbocycles. The van der Waals surface area contributed by atoms with Crippen LogP contribution in [0.5, 0.6) is 0 Å². The van der Waals surface area contributed by atoms with E-state index in [9.17, 15) is 4.79 Å². The third-order valence-electron chi connectivity index (χ3n) is 0.774. The Morgan fingerprint density at radius 2 is 2.67 bits per heavy atom. The zero-order chi connectivity index (χ0) is 6.69. The first-order valence-electron chi connectivity index (χ1n) is 2.23. The Bertz CT molecular complexity index is 186. The Labute approximate surface area is 56.3 Å². The summed E-state index contributed by atoms with van der Waals surface area (Å²) < 4.78 is 3.70. The number of hydrogen-bond donors (Lipinski definition) is 0. The quantitative estimate of drug-likeness (QED) is 0.548. The van der Waals surface area contributed by atoms with Crippen LogP contribution in [0, 0.1) is 0 Å². The van der Waals surface area contributed by atoms with Crippen molar-refractivity contribution < 1.29 is 4.79 Å². The Morgan fingerprint density at radius 3 is 3.11 bits per heavy atom. The maximum absolute atomic E-state index is 9.94. The molecule has 1 amide bonds. The van der Waals surface area contributed by atoms with Gasteiger partial charge >= 0.3 is 6.41 Å². The fourth-order valence-corrected chi connectivity index (χ4v) is 0.797. The van der Waals surface area contributed by atoms with Gasteiger partial charge in [0.05, 0.1) is 0 Å². The van der Waals surface area contributed by atoms with Crippen LogP contribution in [0.1, 0.15) is 0 Å². The third kappa shape index (κ3) is 1.23. The zero-order valence-electron chi connectivity index (χ0n) is 4.74. The highest BCUT2D eigenvalue weighted by Gasteiger charge is 2.00. The molecular formula is C4H4N3OS. The molecule has 1 aromatic heterocycles. The minimum absolute atomic E-state index is 0.560. The van der Waals surface area contributed by atoms with Crippen molar-refractivity contribution in [2.24, 2.45) is 0 Å². The summed E-state index contributed by atoms with van der Waals surface area (Å²) in [5.74, 6) is 0. The second-order valence-electron chi connectivity index (χ2n) is 1.37. The first-order valence-corrected chi connectivity index (χ1v) is 3.00. The summed E-state index contributed by atoms with van der Waals surface area (Å²) in [7, 11) is 1.58. The predicted octanol–water partition coefficient (Wildman–Crippen LogP) is 0.0415. The van der Waals surface area contributed by atoms with Crippen LogP contribution in [0.15, 0.2) is 6.33 Å². The van der Waals surface area contributed by atoms with Crippen molar-refractivity contribution >= 4 is 23.1 Å². The van der Waals surface area contributed by atoms with E-state index in [-0.39, 0.29) is 0 Å². The van der Waals surface area contributed by atoms with Crippen molar-refractivity contribution in [2.75, 3.05) is 11.9 Å². The molecule has 0 N–H and O–H groups in total. The van der Waals surface area contributed by atoms with Gasteiger partial charge in [-0.05, 0) is 0 Å². The van der Waals surface area contributed by atoms with E-state index < -0.39 is 0 Å². The van der Waals surface area contributed by atoms with Crippen LogP contribution >= 0.6 is 11.5 Å². The van der Waals surface area contributed by atoms with Crippen LogP contribution in [0.3, 0.4) is 0 Å². The van der Waals surface area contributed by atoms with Gasteiger partial charge in [-0.2, -0.15) is 4.37 Å². The number of aromatic nitrogens is 2. The summed E-state index contributed by atoms with van der Waals surface area (Å²) >= 11 is 1.16. The molecule has 1 radical (unpaired) electrons. The van der Waals surface area contributed by atoms with E-state index in [0.717, 1.165) is 11.5 Å². The van der Waals surface area contributed by atoms with Crippen LogP contribution in [-0.4, -0.2) is 22.8 Å². The molecule has 47 valence electrons. The summed E-state index contributed by atoms with van der Waals surface area (Å²) in [4.78, 5) is 14.9. The maximum Gasteiger partial charge on any atom is 0.318 e. The minimum Gasteiger partial charge on any atom is -0.282 e. The van der Waals surface area contributed by atoms with Crippen molar-refractivity contribution in [3.05, 3.63) is 6.33 Å². The largest absolute Gasteiger partial charge is 0.318 e. The van der Waals surface area contributed by atoms with Gasteiger partial charge in [0, 0.05) is 18.6 Å². The van der Waals surface area contributed by atoms with E-state index in [4.69, 9.17) is 0 Å². The molecule has 0 saturated heterocycles. The van der Waals surface area contributed by atoms with Gasteiger partial charge < -0.3 is 0 Å². The SMILES string of the molecule is CN([C]=O)c1ncns1. The van der Waals surface area contributed by atoms with Gasteiger partial charge in [-0.1, -0.05) is 0 Å². The molecule has 0 aromatic carbocycles. The molecule has 0 atom stereocenters. The topological polar surface area (TPSA) is 46.1 Å². The van der Waals surface area contributed by atoms with E-state index in [1.54, 1.807) is 13.5 Å². The molecule has 4 nitrogen and oxygen atoms in total. The van der Waals surface area contributed by atoms with Gasteiger partial charge in [-0.3, -0.25) is 9.69 Å². The Balaban J connectivity index is 2.76. The smallest absolute Gasteiger partial charge is 0.282 e. The third-order valence-corrected chi connectivity index (χ3v) is 1.52. The standard InChI is InChI=1S/C4H4N3OS/c1-7(3-8)4-5-2-6-9-4/h2H,1H3. The average Bonchev–Trinajstić information content (AvgIpc) is 2.37. The van der Waals surface area contributed by atoms with Crippen LogP contribution in [-0.2, 0) is 4.79 Å². The van der Waals surface area contributed by atoms with Gasteiger partial charge in [-0.25, -0.2) is 4.98 Å². The van der Waals surface area contributed by atoms with Crippen LogP contribution < -0.4 is 4.90 Å². The highest BCUT2D eigenvalue weighted by atomic mass is 32.1. The van der Waals surface area contributed by atoms with E-state index in [1.165, 1.54) is 11.2 Å². The highest BCUT2D eigenvalue weighted by Crippen LogP contribution is 2.09. The fourth-order valence-electron chi connectivity index (χ4n) is 0.354. The number of hydrogen-bond acceptors (Lipinski definition) is 4. The van der Waals surface area contributed by atoms with E-state index >= 15 is 0 Å². The van der Waals surface area contributed by atoms with Crippen LogP contribution in [0.2, 0.25) is 0 Å². The Hall–Kier alpha value is -0.970. The summed E-state index contributed by atoms with van der Waals surface area (Å²) in [6.45, 7) is 0. The van der Waals surface area contributed by atoms with Crippen molar-refractivity contribution in [3.8, 4) is 0 Å². The molecule has 9 heavy (non-hydrogen) atoms. The first kappa shape index (κ1) is 6.15. The van der Waals surface area contributed by atoms with E-state index in [1.807, 2.05) is 0 Å². The van der Waals surface area contributed by atoms with Crippen LogP contribution in [0.4, 0.5) is 5.13 Å². The van der Waals surface area contributed by atoms with Gasteiger partial charge in [0.2, 0.25) is 5.13 Å². The average molecular weight is 142 g/mol. The van der Waals surface area contributed by atoms with E-state index in [2.05, 4.69) is 9.36 Å². The zero-order valence-corrected chi connectivity index (χ0v) is 5.55. The second-order valence-corrected chi connectivity index (χ2v) is 2.13. The molecule has 5 heteroatoms. The Morgan fingerprint density at radius 1 is 1.89 bits per heavy atom. The van der Waals surface area contributed by atoms with Gasteiger partial charge in [0.25, 0.3) is 0 Å².